The lowest BCUT2D eigenvalue weighted by Crippen LogP contribution is -2.41. The Bertz CT molecular complexity index is 454. The van der Waals surface area contributed by atoms with Gasteiger partial charge in [-0.15, -0.1) is 0 Å². The lowest BCUT2D eigenvalue weighted by Gasteiger charge is -2.26. The molecule has 1 aliphatic carbocycles. The highest BCUT2D eigenvalue weighted by atomic mass is 16.5. The molecule has 0 radical (unpaired) electrons. The molecule has 2 rings (SSSR count). The Hall–Kier alpha value is -1.71. The summed E-state index contributed by atoms with van der Waals surface area (Å²) < 4.78 is 5.38. The summed E-state index contributed by atoms with van der Waals surface area (Å²) >= 11 is 0. The number of likely N-dealkylation sites (N-methyl/N-ethyl adjacent to an activating group) is 1. The smallest absolute Gasteiger partial charge is 0.191 e. The molecule has 0 aromatic heterocycles. The molecule has 104 valence electrons. The second kappa shape index (κ2) is 5.95. The van der Waals surface area contributed by atoms with Crippen LogP contribution in [0.4, 0.5) is 0 Å². The number of nitrogens with zero attached hydrogens (tertiary/aromatic N) is 2. The largest absolute Gasteiger partial charge is 0.496 e. The van der Waals surface area contributed by atoms with Gasteiger partial charge >= 0.3 is 0 Å². The molecule has 1 saturated carbocycles. The second-order valence-electron chi connectivity index (χ2n) is 5.19. The highest BCUT2D eigenvalue weighted by molar-refractivity contribution is 5.78. The van der Waals surface area contributed by atoms with Crippen LogP contribution in [-0.4, -0.2) is 37.1 Å². The van der Waals surface area contributed by atoms with Crippen LogP contribution in [0.3, 0.4) is 0 Å². The average Bonchev–Trinajstić information content (AvgIpc) is 3.22. The zero-order valence-corrected chi connectivity index (χ0v) is 12.0. The Balaban J connectivity index is 2.01. The fourth-order valence-corrected chi connectivity index (χ4v) is 2.03. The van der Waals surface area contributed by atoms with Gasteiger partial charge in [0.2, 0.25) is 0 Å². The van der Waals surface area contributed by atoms with Gasteiger partial charge in [0.25, 0.3) is 0 Å². The number of guanidine groups is 1. The van der Waals surface area contributed by atoms with E-state index in [0.717, 1.165) is 12.2 Å². The zero-order valence-electron chi connectivity index (χ0n) is 12.0. The summed E-state index contributed by atoms with van der Waals surface area (Å²) in [5, 5.41) is 0. The van der Waals surface area contributed by atoms with Crippen LogP contribution >= 0.6 is 0 Å². The van der Waals surface area contributed by atoms with E-state index in [4.69, 9.17) is 10.5 Å². The van der Waals surface area contributed by atoms with Crippen LogP contribution in [0.25, 0.3) is 0 Å². The first-order valence-corrected chi connectivity index (χ1v) is 6.79. The number of benzene rings is 1. The molecule has 0 bridgehead atoms. The Morgan fingerprint density at radius 1 is 1.47 bits per heavy atom. The first-order valence-electron chi connectivity index (χ1n) is 6.79. The van der Waals surface area contributed by atoms with E-state index >= 15 is 0 Å². The number of rotatable bonds is 5. The predicted molar refractivity (Wildman–Crippen MR) is 78.6 cm³/mol. The monoisotopic (exact) mass is 261 g/mol. The first-order chi connectivity index (χ1) is 9.11. The molecule has 19 heavy (non-hydrogen) atoms. The first kappa shape index (κ1) is 13.7. The van der Waals surface area contributed by atoms with Crippen LogP contribution in [-0.2, 0) is 6.42 Å². The minimum atomic E-state index is 0.291. The van der Waals surface area contributed by atoms with Crippen molar-refractivity contribution in [3.63, 3.8) is 0 Å². The third-order valence-electron chi connectivity index (χ3n) is 3.59. The Morgan fingerprint density at radius 3 is 2.79 bits per heavy atom. The van der Waals surface area contributed by atoms with Crippen molar-refractivity contribution in [1.82, 2.24) is 4.90 Å². The summed E-state index contributed by atoms with van der Waals surface area (Å²) in [6, 6.07) is 8.85. The van der Waals surface area contributed by atoms with Gasteiger partial charge in [0, 0.05) is 13.1 Å². The van der Waals surface area contributed by atoms with E-state index in [2.05, 4.69) is 18.0 Å². The lowest BCUT2D eigenvalue weighted by molar-refractivity contribution is 0.369. The highest BCUT2D eigenvalue weighted by Gasteiger charge is 2.22. The summed E-state index contributed by atoms with van der Waals surface area (Å²) in [4.78, 5) is 6.53. The summed E-state index contributed by atoms with van der Waals surface area (Å²) in [5.74, 6) is 1.57. The third-order valence-corrected chi connectivity index (χ3v) is 3.59. The summed E-state index contributed by atoms with van der Waals surface area (Å²) in [7, 11) is 3.71. The van der Waals surface area contributed by atoms with Crippen LogP contribution in [0.15, 0.2) is 29.3 Å². The molecule has 1 atom stereocenters. The van der Waals surface area contributed by atoms with Gasteiger partial charge in [-0.2, -0.15) is 0 Å². The maximum atomic E-state index is 6.03. The van der Waals surface area contributed by atoms with E-state index in [1.807, 2.05) is 30.1 Å². The Kier molecular flexibility index (Phi) is 4.30. The van der Waals surface area contributed by atoms with Crippen LogP contribution in [0.1, 0.15) is 25.3 Å². The van der Waals surface area contributed by atoms with Crippen LogP contribution in [0.2, 0.25) is 0 Å². The normalized spacial score (nSPS) is 17.1. The molecule has 0 heterocycles. The van der Waals surface area contributed by atoms with Gasteiger partial charge in [0.05, 0.1) is 13.2 Å². The number of aliphatic imine (C=N–C) groups is 1. The molecule has 0 saturated heterocycles. The molecule has 1 aromatic carbocycles. The van der Waals surface area contributed by atoms with E-state index in [0.29, 0.717) is 18.0 Å². The van der Waals surface area contributed by atoms with Crippen molar-refractivity contribution < 1.29 is 4.74 Å². The van der Waals surface area contributed by atoms with Crippen molar-refractivity contribution in [3.05, 3.63) is 29.8 Å². The minimum absolute atomic E-state index is 0.291. The quantitative estimate of drug-likeness (QED) is 0.652. The SMILES string of the molecule is COc1ccccc1CC(C)N(C)C(N)=NC1CC1. The number of nitrogens with two attached hydrogens (primary N) is 1. The molecule has 1 unspecified atom stereocenters. The van der Waals surface area contributed by atoms with Gasteiger partial charge in [-0.3, -0.25) is 0 Å². The number of hydrogen-bond acceptors (Lipinski definition) is 2. The van der Waals surface area contributed by atoms with E-state index in [-0.39, 0.29) is 0 Å². The van der Waals surface area contributed by atoms with E-state index in [1.54, 1.807) is 7.11 Å². The molecular weight excluding hydrogens is 238 g/mol. The van der Waals surface area contributed by atoms with Gasteiger partial charge in [-0.05, 0) is 37.8 Å². The van der Waals surface area contributed by atoms with Gasteiger partial charge < -0.3 is 15.4 Å². The van der Waals surface area contributed by atoms with Gasteiger partial charge in [0.15, 0.2) is 5.96 Å². The van der Waals surface area contributed by atoms with Crippen molar-refractivity contribution in [2.24, 2.45) is 10.7 Å². The van der Waals surface area contributed by atoms with E-state index in [9.17, 15) is 0 Å². The minimum Gasteiger partial charge on any atom is -0.496 e. The second-order valence-corrected chi connectivity index (χ2v) is 5.19. The fraction of sp³-hybridized carbons (Fsp3) is 0.533. The molecular formula is C15H23N3O. The van der Waals surface area contributed by atoms with Crippen molar-refractivity contribution in [1.29, 1.82) is 0 Å². The van der Waals surface area contributed by atoms with Crippen LogP contribution < -0.4 is 10.5 Å². The van der Waals surface area contributed by atoms with E-state index < -0.39 is 0 Å². The highest BCUT2D eigenvalue weighted by Crippen LogP contribution is 2.24. The third kappa shape index (κ3) is 3.63. The number of para-hydroxylation sites is 1. The van der Waals surface area contributed by atoms with Crippen LogP contribution in [0.5, 0.6) is 5.75 Å². The molecule has 2 N–H and O–H groups in total. The topological polar surface area (TPSA) is 50.9 Å². The summed E-state index contributed by atoms with van der Waals surface area (Å²) in [6.45, 7) is 2.15. The Morgan fingerprint density at radius 2 is 2.16 bits per heavy atom. The van der Waals surface area contributed by atoms with Gasteiger partial charge in [-0.25, -0.2) is 4.99 Å². The Labute approximate surface area is 115 Å². The molecule has 4 heteroatoms. The lowest BCUT2D eigenvalue weighted by atomic mass is 10.1. The number of hydrogen-bond donors (Lipinski definition) is 1. The molecule has 1 fully saturated rings. The molecule has 0 amide bonds. The molecule has 4 nitrogen and oxygen atoms in total. The van der Waals surface area contributed by atoms with Gasteiger partial charge in [-0.1, -0.05) is 18.2 Å². The van der Waals surface area contributed by atoms with Crippen LogP contribution in [0, 0.1) is 0 Å². The van der Waals surface area contributed by atoms with Crippen molar-refractivity contribution in [3.8, 4) is 5.75 Å². The predicted octanol–water partition coefficient (Wildman–Crippen LogP) is 2.04. The van der Waals surface area contributed by atoms with E-state index in [1.165, 1.54) is 18.4 Å². The molecule has 0 aliphatic heterocycles. The molecule has 1 aliphatic rings. The maximum Gasteiger partial charge on any atom is 0.191 e. The average molecular weight is 261 g/mol. The standard InChI is InChI=1S/C15H23N3O/c1-11(18(2)15(16)17-13-8-9-13)10-12-6-4-5-7-14(12)19-3/h4-7,11,13H,8-10H2,1-3H3,(H2,16,17). The number of methoxy groups -OCH3 is 1. The summed E-state index contributed by atoms with van der Waals surface area (Å²) in [5.41, 5.74) is 7.23. The molecule has 1 aromatic rings. The fourth-order valence-electron chi connectivity index (χ4n) is 2.03. The summed E-state index contributed by atoms with van der Waals surface area (Å²) in [6.07, 6.45) is 3.24. The van der Waals surface area contributed by atoms with Crippen molar-refractivity contribution >= 4 is 5.96 Å². The maximum absolute atomic E-state index is 6.03. The van der Waals surface area contributed by atoms with Crippen molar-refractivity contribution in [2.45, 2.75) is 38.3 Å². The zero-order chi connectivity index (χ0) is 13.8. The molecule has 0 spiro atoms. The van der Waals surface area contributed by atoms with Gasteiger partial charge in [0.1, 0.15) is 5.75 Å². The number of ether oxygens (including phenoxy) is 1. The van der Waals surface area contributed by atoms with Crippen molar-refractivity contribution in [2.75, 3.05) is 14.2 Å².